The zero-order chi connectivity index (χ0) is 21.3. The molecule has 2 aromatic carbocycles. The first-order chi connectivity index (χ1) is 14.5. The average molecular weight is 402 g/mol. The number of benzene rings is 2. The minimum atomic E-state index is -1.55. The van der Waals surface area contributed by atoms with Crippen LogP contribution in [-0.2, 0) is 6.54 Å². The third-order valence-electron chi connectivity index (χ3n) is 4.93. The summed E-state index contributed by atoms with van der Waals surface area (Å²) in [6, 6.07) is 17.3. The zero-order valence-electron chi connectivity index (χ0n) is 17.1. The van der Waals surface area contributed by atoms with Crippen LogP contribution in [0.4, 0.5) is 11.6 Å². The van der Waals surface area contributed by atoms with Crippen LogP contribution >= 0.6 is 0 Å². The van der Waals surface area contributed by atoms with Crippen LogP contribution in [-0.4, -0.2) is 51.0 Å². The standard InChI is InChI=1S/C21H23BN6O2/c1-14-12-16-17(22(29)30)10-7-11-18(16)28(14)21-24-19(20(25-26-21)27(2)3)23-13-15-8-5-4-6-9-15/h4-12,29-30H,13H2,1-3H3,(H,23,24,26). The van der Waals surface area contributed by atoms with Crippen LogP contribution < -0.4 is 15.7 Å². The molecule has 0 unspecified atom stereocenters. The van der Waals surface area contributed by atoms with Crippen molar-refractivity contribution in [2.45, 2.75) is 13.5 Å². The second kappa shape index (κ2) is 8.13. The van der Waals surface area contributed by atoms with Crippen molar-refractivity contribution in [3.8, 4) is 5.95 Å². The predicted molar refractivity (Wildman–Crippen MR) is 119 cm³/mol. The van der Waals surface area contributed by atoms with Crippen molar-refractivity contribution in [2.24, 2.45) is 0 Å². The number of fused-ring (bicyclic) bond motifs is 1. The molecule has 4 rings (SSSR count). The Morgan fingerprint density at radius 1 is 1.03 bits per heavy atom. The number of nitrogens with one attached hydrogen (secondary N) is 1. The average Bonchev–Trinajstić information content (AvgIpc) is 3.08. The van der Waals surface area contributed by atoms with E-state index in [-0.39, 0.29) is 0 Å². The van der Waals surface area contributed by atoms with Crippen molar-refractivity contribution in [3.63, 3.8) is 0 Å². The van der Waals surface area contributed by atoms with Gasteiger partial charge in [-0.15, -0.1) is 10.2 Å². The van der Waals surface area contributed by atoms with Crippen molar-refractivity contribution in [2.75, 3.05) is 24.3 Å². The SMILES string of the molecule is Cc1cc2c(B(O)O)cccc2n1-c1nnc(N(C)C)c(NCc2ccccc2)n1. The van der Waals surface area contributed by atoms with Crippen molar-refractivity contribution < 1.29 is 10.0 Å². The van der Waals surface area contributed by atoms with E-state index >= 15 is 0 Å². The van der Waals surface area contributed by atoms with E-state index in [9.17, 15) is 10.0 Å². The molecule has 2 aromatic heterocycles. The van der Waals surface area contributed by atoms with E-state index in [0.29, 0.717) is 29.6 Å². The van der Waals surface area contributed by atoms with Gasteiger partial charge in [-0.3, -0.25) is 4.57 Å². The first kappa shape index (κ1) is 19.9. The smallest absolute Gasteiger partial charge is 0.423 e. The molecule has 0 fully saturated rings. The van der Waals surface area contributed by atoms with Gasteiger partial charge >= 0.3 is 7.12 Å². The Hall–Kier alpha value is -3.43. The van der Waals surface area contributed by atoms with Crippen molar-refractivity contribution >= 4 is 35.1 Å². The Morgan fingerprint density at radius 2 is 1.80 bits per heavy atom. The third kappa shape index (κ3) is 3.72. The molecule has 9 heteroatoms. The second-order valence-corrected chi connectivity index (χ2v) is 7.29. The van der Waals surface area contributed by atoms with Gasteiger partial charge in [0.2, 0.25) is 0 Å². The molecule has 0 aliphatic rings. The summed E-state index contributed by atoms with van der Waals surface area (Å²) in [5.74, 6) is 1.66. The quantitative estimate of drug-likeness (QED) is 0.420. The van der Waals surface area contributed by atoms with Gasteiger partial charge in [0.1, 0.15) is 0 Å². The summed E-state index contributed by atoms with van der Waals surface area (Å²) in [7, 11) is 2.23. The van der Waals surface area contributed by atoms with Crippen LogP contribution in [0.5, 0.6) is 0 Å². The summed E-state index contributed by atoms with van der Waals surface area (Å²) in [6.07, 6.45) is 0. The van der Waals surface area contributed by atoms with Gasteiger partial charge in [0.25, 0.3) is 5.95 Å². The predicted octanol–water partition coefficient (Wildman–Crippen LogP) is 1.48. The molecule has 0 spiro atoms. The molecule has 0 aliphatic carbocycles. The van der Waals surface area contributed by atoms with Gasteiger partial charge in [-0.2, -0.15) is 4.98 Å². The summed E-state index contributed by atoms with van der Waals surface area (Å²) in [6.45, 7) is 2.53. The highest BCUT2D eigenvalue weighted by Gasteiger charge is 2.20. The number of aromatic nitrogens is 4. The maximum Gasteiger partial charge on any atom is 0.489 e. The van der Waals surface area contributed by atoms with Crippen LogP contribution in [0.25, 0.3) is 16.9 Å². The minimum absolute atomic E-state index is 0.410. The molecular formula is C21H23BN6O2. The maximum absolute atomic E-state index is 9.70. The normalized spacial score (nSPS) is 11.0. The molecule has 0 aliphatic heterocycles. The molecular weight excluding hydrogens is 379 g/mol. The number of rotatable bonds is 6. The van der Waals surface area contributed by atoms with Crippen molar-refractivity contribution in [1.29, 1.82) is 0 Å². The molecule has 3 N–H and O–H groups in total. The molecule has 0 atom stereocenters. The molecule has 0 saturated carbocycles. The largest absolute Gasteiger partial charge is 0.489 e. The number of hydrogen-bond acceptors (Lipinski definition) is 7. The van der Waals surface area contributed by atoms with Gasteiger partial charge < -0.3 is 20.3 Å². The first-order valence-corrected chi connectivity index (χ1v) is 9.63. The van der Waals surface area contributed by atoms with Crippen molar-refractivity contribution in [3.05, 3.63) is 65.9 Å². The van der Waals surface area contributed by atoms with Crippen LogP contribution in [0.15, 0.2) is 54.6 Å². The molecule has 152 valence electrons. The molecule has 30 heavy (non-hydrogen) atoms. The minimum Gasteiger partial charge on any atom is -0.423 e. The van der Waals surface area contributed by atoms with E-state index in [2.05, 4.69) is 15.5 Å². The lowest BCUT2D eigenvalue weighted by atomic mass is 9.78. The van der Waals surface area contributed by atoms with Gasteiger partial charge in [-0.05, 0) is 30.1 Å². The highest BCUT2D eigenvalue weighted by Crippen LogP contribution is 2.24. The molecule has 0 saturated heterocycles. The van der Waals surface area contributed by atoms with Gasteiger partial charge in [0, 0.05) is 31.7 Å². The monoisotopic (exact) mass is 402 g/mol. The highest BCUT2D eigenvalue weighted by atomic mass is 16.4. The van der Waals surface area contributed by atoms with Crippen LogP contribution in [0.2, 0.25) is 0 Å². The molecule has 2 heterocycles. The first-order valence-electron chi connectivity index (χ1n) is 9.63. The van der Waals surface area contributed by atoms with E-state index in [1.165, 1.54) is 0 Å². The van der Waals surface area contributed by atoms with E-state index < -0.39 is 7.12 Å². The molecule has 0 bridgehead atoms. The third-order valence-corrected chi connectivity index (χ3v) is 4.93. The topological polar surface area (TPSA) is 99.3 Å². The van der Waals surface area contributed by atoms with Crippen molar-refractivity contribution in [1.82, 2.24) is 19.7 Å². The number of hydrogen-bond donors (Lipinski definition) is 3. The lowest BCUT2D eigenvalue weighted by molar-refractivity contribution is 0.426. The second-order valence-electron chi connectivity index (χ2n) is 7.29. The van der Waals surface area contributed by atoms with E-state index in [1.807, 2.05) is 73.0 Å². The molecule has 8 nitrogen and oxygen atoms in total. The lowest BCUT2D eigenvalue weighted by Crippen LogP contribution is -2.30. The Morgan fingerprint density at radius 3 is 2.50 bits per heavy atom. The summed E-state index contributed by atoms with van der Waals surface area (Å²) in [4.78, 5) is 6.61. The molecule has 0 radical (unpaired) electrons. The number of anilines is 2. The van der Waals surface area contributed by atoms with E-state index in [0.717, 1.165) is 22.2 Å². The van der Waals surface area contributed by atoms with Gasteiger partial charge in [-0.1, -0.05) is 42.5 Å². The maximum atomic E-state index is 9.70. The lowest BCUT2D eigenvalue weighted by Gasteiger charge is -2.17. The Kier molecular flexibility index (Phi) is 5.39. The van der Waals surface area contributed by atoms with Crippen LogP contribution in [0, 0.1) is 6.92 Å². The molecule has 0 amide bonds. The highest BCUT2D eigenvalue weighted by molar-refractivity contribution is 6.61. The fourth-order valence-electron chi connectivity index (χ4n) is 3.48. The van der Waals surface area contributed by atoms with Crippen LogP contribution in [0.1, 0.15) is 11.3 Å². The summed E-state index contributed by atoms with van der Waals surface area (Å²) in [5, 5.41) is 32.2. The summed E-state index contributed by atoms with van der Waals surface area (Å²) < 4.78 is 1.86. The Balaban J connectivity index is 1.78. The van der Waals surface area contributed by atoms with E-state index in [1.54, 1.807) is 12.1 Å². The molecule has 4 aromatic rings. The summed E-state index contributed by atoms with van der Waals surface area (Å²) >= 11 is 0. The van der Waals surface area contributed by atoms with Gasteiger partial charge in [0.05, 0.1) is 5.52 Å². The zero-order valence-corrected chi connectivity index (χ0v) is 17.1. The summed E-state index contributed by atoms with van der Waals surface area (Å²) in [5.41, 5.74) is 3.22. The van der Waals surface area contributed by atoms with E-state index in [4.69, 9.17) is 4.98 Å². The fourth-order valence-corrected chi connectivity index (χ4v) is 3.48. The van der Waals surface area contributed by atoms with Gasteiger partial charge in [0.15, 0.2) is 11.6 Å². The Labute approximate surface area is 175 Å². The van der Waals surface area contributed by atoms with Crippen LogP contribution in [0.3, 0.4) is 0 Å². The fraction of sp³-hybridized carbons (Fsp3) is 0.190. The number of aryl methyl sites for hydroxylation is 1. The van der Waals surface area contributed by atoms with Gasteiger partial charge in [-0.25, -0.2) is 0 Å². The number of nitrogens with zero attached hydrogens (tertiary/aromatic N) is 5. The Bertz CT molecular complexity index is 1180.